The summed E-state index contributed by atoms with van der Waals surface area (Å²) < 4.78 is 51.5. The highest BCUT2D eigenvalue weighted by Crippen LogP contribution is 2.32. The number of carboxylic acid groups (broad SMARTS) is 1. The van der Waals surface area contributed by atoms with Crippen LogP contribution in [-0.2, 0) is 48.1 Å². The molecule has 0 aliphatic carbocycles. The SMILES string of the molecule is CO[C@@H]1O[C@H](CN([C@@H](C(=O)O)C(C)C)S(=O)(=O)c2ccc(-c3ccccc3)cc2)[C@@H](OC(C)=O)[C@H](OC(C)=O)[C@H]1NC(C)=O. The second-order valence-electron chi connectivity index (χ2n) is 10.6. The third-order valence-corrected chi connectivity index (χ3v) is 8.84. The quantitative estimate of drug-likeness (QED) is 0.328. The maximum absolute atomic E-state index is 14.2. The van der Waals surface area contributed by atoms with E-state index in [2.05, 4.69) is 5.32 Å². The van der Waals surface area contributed by atoms with E-state index in [1.165, 1.54) is 26.2 Å². The van der Waals surface area contributed by atoms with Crippen molar-refractivity contribution in [3.05, 3.63) is 54.6 Å². The number of carboxylic acids is 1. The Morgan fingerprint density at radius 3 is 1.93 bits per heavy atom. The summed E-state index contributed by atoms with van der Waals surface area (Å²) in [5.41, 5.74) is 1.60. The van der Waals surface area contributed by atoms with Crippen molar-refractivity contribution in [2.24, 2.45) is 5.92 Å². The lowest BCUT2D eigenvalue weighted by molar-refractivity contribution is -0.266. The lowest BCUT2D eigenvalue weighted by Crippen LogP contribution is -2.67. The summed E-state index contributed by atoms with van der Waals surface area (Å²) in [7, 11) is -3.27. The highest BCUT2D eigenvalue weighted by molar-refractivity contribution is 7.89. The van der Waals surface area contributed by atoms with Gasteiger partial charge in [-0.25, -0.2) is 8.42 Å². The first-order valence-corrected chi connectivity index (χ1v) is 15.3. The predicted molar refractivity (Wildman–Crippen MR) is 156 cm³/mol. The molecule has 2 N–H and O–H groups in total. The molecule has 44 heavy (non-hydrogen) atoms. The number of hydrogen-bond acceptors (Lipinski definition) is 10. The molecule has 6 atom stereocenters. The Bertz CT molecular complexity index is 1430. The zero-order chi connectivity index (χ0) is 32.8. The molecule has 1 amide bonds. The molecule has 13 nitrogen and oxygen atoms in total. The number of esters is 2. The fourth-order valence-electron chi connectivity index (χ4n) is 5.17. The van der Waals surface area contributed by atoms with Crippen LogP contribution in [0.5, 0.6) is 0 Å². The van der Waals surface area contributed by atoms with Gasteiger partial charge < -0.3 is 29.4 Å². The average Bonchev–Trinajstić information content (AvgIpc) is 2.94. The Kier molecular flexibility index (Phi) is 11.6. The molecular formula is C30H38N2O11S. The van der Waals surface area contributed by atoms with E-state index < -0.39 is 83.0 Å². The number of ether oxygens (including phenoxy) is 4. The maximum Gasteiger partial charge on any atom is 0.322 e. The van der Waals surface area contributed by atoms with Crippen LogP contribution in [0.1, 0.15) is 34.6 Å². The van der Waals surface area contributed by atoms with E-state index in [9.17, 15) is 32.7 Å². The molecule has 14 heteroatoms. The van der Waals surface area contributed by atoms with Gasteiger partial charge in [-0.05, 0) is 29.2 Å². The van der Waals surface area contributed by atoms with E-state index in [4.69, 9.17) is 18.9 Å². The summed E-state index contributed by atoms with van der Waals surface area (Å²) >= 11 is 0. The summed E-state index contributed by atoms with van der Waals surface area (Å²) in [6.45, 7) is 5.88. The molecule has 0 unspecified atom stereocenters. The molecule has 1 fully saturated rings. The van der Waals surface area contributed by atoms with Crippen LogP contribution in [0.4, 0.5) is 0 Å². The molecule has 3 rings (SSSR count). The number of rotatable bonds is 12. The van der Waals surface area contributed by atoms with E-state index in [1.54, 1.807) is 26.0 Å². The second kappa shape index (κ2) is 14.8. The van der Waals surface area contributed by atoms with E-state index in [0.29, 0.717) is 0 Å². The van der Waals surface area contributed by atoms with E-state index in [1.807, 2.05) is 30.3 Å². The Labute approximate surface area is 256 Å². The van der Waals surface area contributed by atoms with Gasteiger partial charge in [0.1, 0.15) is 18.2 Å². The number of carbonyl (C=O) groups is 4. The Balaban J connectivity index is 2.12. The minimum Gasteiger partial charge on any atom is -0.480 e. The van der Waals surface area contributed by atoms with E-state index in [-0.39, 0.29) is 4.90 Å². The minimum atomic E-state index is -4.52. The van der Waals surface area contributed by atoms with Gasteiger partial charge in [0, 0.05) is 34.4 Å². The molecule has 0 saturated carbocycles. The van der Waals surface area contributed by atoms with Crippen molar-refractivity contribution in [1.29, 1.82) is 0 Å². The number of methoxy groups -OCH3 is 1. The predicted octanol–water partition coefficient (Wildman–Crippen LogP) is 2.19. The van der Waals surface area contributed by atoms with Gasteiger partial charge in [0.2, 0.25) is 15.9 Å². The largest absolute Gasteiger partial charge is 0.480 e. The van der Waals surface area contributed by atoms with Crippen molar-refractivity contribution in [2.45, 2.75) is 76.2 Å². The van der Waals surface area contributed by atoms with Crippen LogP contribution >= 0.6 is 0 Å². The van der Waals surface area contributed by atoms with Crippen LogP contribution in [0.3, 0.4) is 0 Å². The van der Waals surface area contributed by atoms with Crippen LogP contribution in [0.25, 0.3) is 11.1 Å². The van der Waals surface area contributed by atoms with Crippen molar-refractivity contribution in [1.82, 2.24) is 9.62 Å². The Morgan fingerprint density at radius 2 is 1.45 bits per heavy atom. The zero-order valence-electron chi connectivity index (χ0n) is 25.3. The van der Waals surface area contributed by atoms with Gasteiger partial charge in [0.25, 0.3) is 0 Å². The molecule has 1 heterocycles. The molecule has 1 saturated heterocycles. The summed E-state index contributed by atoms with van der Waals surface area (Å²) in [4.78, 5) is 48.7. The van der Waals surface area contributed by atoms with Gasteiger partial charge in [-0.3, -0.25) is 19.2 Å². The standard InChI is InChI=1S/C30H38N2O11S/c1-17(2)26(29(36)37)32(44(38,39)23-14-12-22(13-15-23)21-10-8-7-9-11-21)16-24-27(41-19(4)34)28(42-20(5)35)25(31-18(3)33)30(40-6)43-24/h7-15,17,24-28,30H,16H2,1-6H3,(H,31,33)(H,36,37)/t24-,25-,26-,27-,28-,30-/m1/s1. The zero-order valence-corrected chi connectivity index (χ0v) is 26.1. The number of nitrogens with one attached hydrogen (secondary N) is 1. The summed E-state index contributed by atoms with van der Waals surface area (Å²) in [5.74, 6) is -4.27. The smallest absolute Gasteiger partial charge is 0.322 e. The maximum atomic E-state index is 14.2. The van der Waals surface area contributed by atoms with Gasteiger partial charge >= 0.3 is 17.9 Å². The first-order valence-electron chi connectivity index (χ1n) is 13.9. The van der Waals surface area contributed by atoms with Crippen molar-refractivity contribution < 1.29 is 51.6 Å². The molecule has 2 aromatic carbocycles. The molecule has 2 aromatic rings. The highest BCUT2D eigenvalue weighted by atomic mass is 32.2. The minimum absolute atomic E-state index is 0.181. The molecular weight excluding hydrogens is 596 g/mol. The van der Waals surface area contributed by atoms with Crippen molar-refractivity contribution in [3.8, 4) is 11.1 Å². The number of aliphatic carboxylic acids is 1. The monoisotopic (exact) mass is 634 g/mol. The van der Waals surface area contributed by atoms with Gasteiger partial charge in [-0.1, -0.05) is 56.3 Å². The van der Waals surface area contributed by atoms with E-state index >= 15 is 0 Å². The summed E-state index contributed by atoms with van der Waals surface area (Å²) in [6, 6.07) is 12.5. The Hall–Kier alpha value is -3.85. The number of nitrogens with zero attached hydrogens (tertiary/aromatic N) is 1. The third kappa shape index (κ3) is 8.20. The van der Waals surface area contributed by atoms with Crippen molar-refractivity contribution >= 4 is 33.8 Å². The van der Waals surface area contributed by atoms with Crippen LogP contribution in [0, 0.1) is 5.92 Å². The first-order chi connectivity index (χ1) is 20.7. The molecule has 1 aliphatic rings. The van der Waals surface area contributed by atoms with Gasteiger partial charge in [-0.15, -0.1) is 0 Å². The van der Waals surface area contributed by atoms with Crippen LogP contribution in [0.15, 0.2) is 59.5 Å². The molecule has 240 valence electrons. The molecule has 0 radical (unpaired) electrons. The second-order valence-corrected chi connectivity index (χ2v) is 12.5. The van der Waals surface area contributed by atoms with Crippen LogP contribution in [0.2, 0.25) is 0 Å². The number of benzene rings is 2. The van der Waals surface area contributed by atoms with Crippen molar-refractivity contribution in [2.75, 3.05) is 13.7 Å². The fourth-order valence-corrected chi connectivity index (χ4v) is 6.90. The number of amides is 1. The fraction of sp³-hybridized carbons (Fsp3) is 0.467. The number of sulfonamides is 1. The topological polar surface area (TPSA) is 175 Å². The first kappa shape index (κ1) is 34.6. The summed E-state index contributed by atoms with van der Waals surface area (Å²) in [6.07, 6.45) is -5.52. The average molecular weight is 635 g/mol. The van der Waals surface area contributed by atoms with Gasteiger partial charge in [-0.2, -0.15) is 4.31 Å². The Morgan fingerprint density at radius 1 is 0.909 bits per heavy atom. The normalized spacial score (nSPS) is 22.7. The number of hydrogen-bond donors (Lipinski definition) is 2. The van der Waals surface area contributed by atoms with E-state index in [0.717, 1.165) is 29.3 Å². The van der Waals surface area contributed by atoms with Gasteiger partial charge in [0.05, 0.1) is 4.90 Å². The lowest BCUT2D eigenvalue weighted by Gasteiger charge is -2.46. The van der Waals surface area contributed by atoms with Crippen LogP contribution < -0.4 is 5.32 Å². The lowest BCUT2D eigenvalue weighted by atomic mass is 9.95. The molecule has 0 aromatic heterocycles. The molecule has 1 aliphatic heterocycles. The van der Waals surface area contributed by atoms with Gasteiger partial charge in [0.15, 0.2) is 18.5 Å². The molecule has 0 spiro atoms. The number of carbonyl (C=O) groups excluding carboxylic acids is 3. The highest BCUT2D eigenvalue weighted by Gasteiger charge is 2.53. The van der Waals surface area contributed by atoms with Crippen molar-refractivity contribution in [3.63, 3.8) is 0 Å². The summed E-state index contributed by atoms with van der Waals surface area (Å²) in [5, 5.41) is 12.8. The third-order valence-electron chi connectivity index (χ3n) is 6.98. The molecule has 0 bridgehead atoms. The van der Waals surface area contributed by atoms with Crippen LogP contribution in [-0.4, -0.2) is 92.0 Å².